The van der Waals surface area contributed by atoms with Crippen molar-refractivity contribution in [3.05, 3.63) is 44.1 Å². The number of hydrogen-bond acceptors (Lipinski definition) is 9. The van der Waals surface area contributed by atoms with Gasteiger partial charge in [-0.3, -0.25) is 0 Å². The van der Waals surface area contributed by atoms with Gasteiger partial charge in [-0.05, 0) is 12.8 Å². The molecular weight excluding hydrogens is 458 g/mol. The third kappa shape index (κ3) is 6.44. The summed E-state index contributed by atoms with van der Waals surface area (Å²) in [6.07, 6.45) is 2.20. The Kier molecular flexibility index (Phi) is 11.7. The van der Waals surface area contributed by atoms with E-state index in [4.69, 9.17) is 26.6 Å². The van der Waals surface area contributed by atoms with Crippen LogP contribution < -0.4 is 17.1 Å². The maximum atomic E-state index is 13.0. The average Bonchev–Trinajstić information content (AvgIpc) is 2.82. The zero-order valence-corrected chi connectivity index (χ0v) is 21.8. The lowest BCUT2D eigenvalue weighted by Gasteiger charge is -2.24. The van der Waals surface area contributed by atoms with Gasteiger partial charge in [-0.15, -0.1) is 6.58 Å². The molecule has 0 atom stereocenters. The Hall–Kier alpha value is -1.66. The van der Waals surface area contributed by atoms with E-state index in [1.807, 2.05) is 0 Å². The van der Waals surface area contributed by atoms with Crippen LogP contribution in [0.1, 0.15) is 12.8 Å². The number of hydrogen-bond donors (Lipinski definition) is 0. The first-order valence-electron chi connectivity index (χ1n) is 10.1. The molecule has 0 saturated heterocycles. The summed E-state index contributed by atoms with van der Waals surface area (Å²) in [4.78, 5) is 38.7. The highest BCUT2D eigenvalue weighted by Crippen LogP contribution is 2.16. The van der Waals surface area contributed by atoms with Crippen LogP contribution in [-0.4, -0.2) is 74.0 Å². The van der Waals surface area contributed by atoms with Crippen molar-refractivity contribution < 1.29 is 26.6 Å². The molecule has 0 bridgehead atoms. The third-order valence-corrected chi connectivity index (χ3v) is 11.0. The Morgan fingerprint density at radius 1 is 0.656 bits per heavy atom. The van der Waals surface area contributed by atoms with Gasteiger partial charge in [0.25, 0.3) is 0 Å². The summed E-state index contributed by atoms with van der Waals surface area (Å²) in [6.45, 7) is 3.73. The summed E-state index contributed by atoms with van der Waals surface area (Å²) >= 11 is 0. The minimum absolute atomic E-state index is 0.0161. The fourth-order valence-electron chi connectivity index (χ4n) is 3.37. The highest BCUT2D eigenvalue weighted by molar-refractivity contribution is 6.60. The van der Waals surface area contributed by atoms with Crippen molar-refractivity contribution >= 4 is 17.6 Å². The van der Waals surface area contributed by atoms with Crippen LogP contribution in [0.25, 0.3) is 0 Å². The summed E-state index contributed by atoms with van der Waals surface area (Å²) in [5.74, 6) is 0. The Bertz CT molecular complexity index is 824. The maximum absolute atomic E-state index is 13.0. The van der Waals surface area contributed by atoms with E-state index < -0.39 is 34.7 Å². The van der Waals surface area contributed by atoms with Gasteiger partial charge in [-0.25, -0.2) is 28.1 Å². The van der Waals surface area contributed by atoms with Crippen LogP contribution >= 0.6 is 0 Å². The van der Waals surface area contributed by atoms with Gasteiger partial charge in [0.2, 0.25) is 0 Å². The second-order valence-corrected chi connectivity index (χ2v) is 13.0. The topological polar surface area (TPSA) is 121 Å². The van der Waals surface area contributed by atoms with Gasteiger partial charge in [0.05, 0.1) is 6.54 Å². The van der Waals surface area contributed by atoms with Crippen molar-refractivity contribution in [3.8, 4) is 0 Å². The molecule has 0 amide bonds. The highest BCUT2D eigenvalue weighted by atomic mass is 28.4. The molecule has 0 aliphatic rings. The summed E-state index contributed by atoms with van der Waals surface area (Å²) < 4.78 is 35.3. The second kappa shape index (κ2) is 13.1. The lowest BCUT2D eigenvalue weighted by atomic mass is 10.4. The number of aromatic nitrogens is 3. The zero-order chi connectivity index (χ0) is 24.4. The molecule has 0 N–H and O–H groups in total. The predicted molar refractivity (Wildman–Crippen MR) is 122 cm³/mol. The molecule has 12 nitrogen and oxygen atoms in total. The molecule has 1 aromatic rings. The third-order valence-electron chi connectivity index (χ3n) is 5.29. The van der Waals surface area contributed by atoms with E-state index in [9.17, 15) is 14.4 Å². The van der Waals surface area contributed by atoms with Gasteiger partial charge in [-0.2, -0.15) is 0 Å². The van der Waals surface area contributed by atoms with Crippen LogP contribution in [0.3, 0.4) is 0 Å². The molecule has 1 aromatic heterocycles. The fraction of sp³-hybridized carbons (Fsp3) is 0.722. The second-order valence-electron chi connectivity index (χ2n) is 6.85. The standard InChI is InChI=1S/C18H35N3O9Si2/c1-8-11-19-16(22)20(12-9-14-31(25-2,26-3)27-4)18(24)21(17(19)23)13-10-15-32(28-5,29-6)30-7/h8H,1,9-15H2,2-7H3. The predicted octanol–water partition coefficient (Wildman–Crippen LogP) is -0.106. The Balaban J connectivity index is 3.23. The molecule has 32 heavy (non-hydrogen) atoms. The number of allylic oxidation sites excluding steroid dienone is 1. The van der Waals surface area contributed by atoms with Crippen LogP contribution in [-0.2, 0) is 46.2 Å². The van der Waals surface area contributed by atoms with Gasteiger partial charge in [0, 0.05) is 67.8 Å². The Morgan fingerprint density at radius 2 is 0.969 bits per heavy atom. The van der Waals surface area contributed by atoms with E-state index in [0.29, 0.717) is 24.9 Å². The summed E-state index contributed by atoms with van der Waals surface area (Å²) in [5.41, 5.74) is -2.06. The summed E-state index contributed by atoms with van der Waals surface area (Å²) in [7, 11) is 3.23. The normalized spacial score (nSPS) is 12.3. The number of nitrogens with zero attached hydrogens (tertiary/aromatic N) is 3. The number of rotatable bonds is 16. The zero-order valence-electron chi connectivity index (χ0n) is 19.8. The van der Waals surface area contributed by atoms with Crippen LogP contribution in [0.5, 0.6) is 0 Å². The van der Waals surface area contributed by atoms with E-state index in [-0.39, 0.29) is 19.6 Å². The molecular formula is C18H35N3O9Si2. The first-order valence-corrected chi connectivity index (χ1v) is 14.0. The lowest BCUT2D eigenvalue weighted by Crippen LogP contribution is -2.54. The Morgan fingerprint density at radius 3 is 1.25 bits per heavy atom. The van der Waals surface area contributed by atoms with Gasteiger partial charge in [0.15, 0.2) is 0 Å². The molecule has 184 valence electrons. The molecule has 0 aliphatic heterocycles. The van der Waals surface area contributed by atoms with Crippen LogP contribution in [0.15, 0.2) is 27.0 Å². The minimum atomic E-state index is -2.86. The lowest BCUT2D eigenvalue weighted by molar-refractivity contribution is 0.122. The molecule has 0 radical (unpaired) electrons. The SMILES string of the molecule is C=CCn1c(=O)n(CCC[Si](OC)(OC)OC)c(=O)n(CCC[Si](OC)(OC)OC)c1=O. The van der Waals surface area contributed by atoms with Crippen molar-refractivity contribution in [1.29, 1.82) is 0 Å². The van der Waals surface area contributed by atoms with Crippen molar-refractivity contribution in [1.82, 2.24) is 13.7 Å². The van der Waals surface area contributed by atoms with Crippen molar-refractivity contribution in [2.45, 2.75) is 44.6 Å². The quantitative estimate of drug-likeness (QED) is 0.229. The van der Waals surface area contributed by atoms with Crippen LogP contribution in [0.4, 0.5) is 0 Å². The molecule has 0 fully saturated rings. The molecule has 14 heteroatoms. The van der Waals surface area contributed by atoms with Crippen molar-refractivity contribution in [2.24, 2.45) is 0 Å². The molecule has 0 unspecified atom stereocenters. The summed E-state index contributed by atoms with van der Waals surface area (Å²) in [5, 5.41) is 0. The van der Waals surface area contributed by atoms with E-state index >= 15 is 0 Å². The van der Waals surface area contributed by atoms with Gasteiger partial charge in [-0.1, -0.05) is 6.08 Å². The minimum Gasteiger partial charge on any atom is -0.377 e. The fourth-order valence-corrected chi connectivity index (χ4v) is 6.78. The van der Waals surface area contributed by atoms with Gasteiger partial charge >= 0.3 is 34.7 Å². The maximum Gasteiger partial charge on any atom is 0.500 e. The van der Waals surface area contributed by atoms with Crippen LogP contribution in [0, 0.1) is 0 Å². The van der Waals surface area contributed by atoms with Gasteiger partial charge < -0.3 is 26.6 Å². The molecule has 0 aliphatic carbocycles. The van der Waals surface area contributed by atoms with E-state index in [2.05, 4.69) is 6.58 Å². The first-order chi connectivity index (χ1) is 15.2. The smallest absolute Gasteiger partial charge is 0.377 e. The first kappa shape index (κ1) is 28.4. The monoisotopic (exact) mass is 493 g/mol. The van der Waals surface area contributed by atoms with E-state index in [0.717, 1.165) is 13.7 Å². The largest absolute Gasteiger partial charge is 0.500 e. The molecule has 1 rings (SSSR count). The molecule has 0 spiro atoms. The average molecular weight is 494 g/mol. The molecule has 0 aromatic carbocycles. The van der Waals surface area contributed by atoms with E-state index in [1.165, 1.54) is 48.7 Å². The van der Waals surface area contributed by atoms with Gasteiger partial charge in [0.1, 0.15) is 0 Å². The van der Waals surface area contributed by atoms with Crippen LogP contribution in [0.2, 0.25) is 12.1 Å². The molecule has 1 heterocycles. The summed E-state index contributed by atoms with van der Waals surface area (Å²) in [6, 6.07) is 0.791. The van der Waals surface area contributed by atoms with Crippen molar-refractivity contribution in [2.75, 3.05) is 42.7 Å². The van der Waals surface area contributed by atoms with E-state index in [1.54, 1.807) is 0 Å². The van der Waals surface area contributed by atoms with Crippen molar-refractivity contribution in [3.63, 3.8) is 0 Å². The highest BCUT2D eigenvalue weighted by Gasteiger charge is 2.38. The Labute approximate surface area is 189 Å². The molecule has 0 saturated carbocycles.